The number of aliphatic imine (C=N–C) groups is 1. The number of carbonyl (C=O) groups excluding carboxylic acids is 1. The molecule has 5 heteroatoms. The van der Waals surface area contributed by atoms with Crippen LogP contribution in [0, 0.1) is 11.3 Å². The summed E-state index contributed by atoms with van der Waals surface area (Å²) in [7, 11) is 3.54. The number of rotatable bonds is 13. The van der Waals surface area contributed by atoms with E-state index < -0.39 is 0 Å². The largest absolute Gasteiger partial charge is 0.402 e. The highest BCUT2D eigenvalue weighted by molar-refractivity contribution is 6.11. The van der Waals surface area contributed by atoms with Gasteiger partial charge in [-0.25, -0.2) is 9.79 Å². The smallest absolute Gasteiger partial charge is 0.363 e. The van der Waals surface area contributed by atoms with Gasteiger partial charge in [-0.3, -0.25) is 0 Å². The fraction of sp³-hybridized carbons (Fsp3) is 0.579. The second-order valence-corrected chi connectivity index (χ2v) is 13.0. The van der Waals surface area contributed by atoms with Crippen LogP contribution in [-0.2, 0) is 25.4 Å². The van der Waals surface area contributed by atoms with E-state index in [1.54, 1.807) is 14.2 Å². The van der Waals surface area contributed by atoms with Gasteiger partial charge in [0.25, 0.3) is 0 Å². The van der Waals surface area contributed by atoms with Crippen molar-refractivity contribution in [2.45, 2.75) is 115 Å². The van der Waals surface area contributed by atoms with E-state index in [0.717, 1.165) is 36.8 Å². The van der Waals surface area contributed by atoms with E-state index in [1.807, 2.05) is 12.1 Å². The van der Waals surface area contributed by atoms with Gasteiger partial charge in [0.1, 0.15) is 5.70 Å². The van der Waals surface area contributed by atoms with E-state index >= 15 is 0 Å². The number of carbonyl (C=O) groups is 1. The van der Waals surface area contributed by atoms with Gasteiger partial charge in [-0.2, -0.15) is 0 Å². The summed E-state index contributed by atoms with van der Waals surface area (Å²) in [6.45, 7) is 2.26. The lowest BCUT2D eigenvalue weighted by atomic mass is 9.60. The summed E-state index contributed by atoms with van der Waals surface area (Å²) >= 11 is 0. The number of methoxy groups -OCH3 is 2. The average molecular weight is 586 g/mol. The fourth-order valence-corrected chi connectivity index (χ4v) is 7.59. The summed E-state index contributed by atoms with van der Waals surface area (Å²) in [5, 5.41) is 0. The molecule has 5 rings (SSSR count). The Bertz CT molecular complexity index is 1240. The molecule has 2 saturated carbocycles. The van der Waals surface area contributed by atoms with Gasteiger partial charge in [0, 0.05) is 19.8 Å². The third-order valence-electron chi connectivity index (χ3n) is 10.2. The maximum atomic E-state index is 13.1. The number of allylic oxidation sites excluding steroid dienone is 1. The van der Waals surface area contributed by atoms with Crippen molar-refractivity contribution in [3.63, 3.8) is 0 Å². The number of ether oxygens (including phenoxy) is 3. The average Bonchev–Trinajstić information content (AvgIpc) is 3.42. The Morgan fingerprint density at radius 3 is 2.12 bits per heavy atom. The number of unbranched alkanes of at least 4 members (excludes halogenated alkanes) is 5. The highest BCUT2D eigenvalue weighted by Crippen LogP contribution is 2.51. The minimum absolute atomic E-state index is 0.00978. The normalized spacial score (nSPS) is 25.6. The van der Waals surface area contributed by atoms with Crippen LogP contribution < -0.4 is 0 Å². The van der Waals surface area contributed by atoms with Crippen molar-refractivity contribution >= 4 is 11.9 Å². The molecule has 3 atom stereocenters. The second-order valence-electron chi connectivity index (χ2n) is 13.0. The maximum absolute atomic E-state index is 13.1. The Morgan fingerprint density at radius 2 is 1.44 bits per heavy atom. The first kappa shape index (κ1) is 31.7. The van der Waals surface area contributed by atoms with Gasteiger partial charge < -0.3 is 14.2 Å². The summed E-state index contributed by atoms with van der Waals surface area (Å²) < 4.78 is 17.4. The van der Waals surface area contributed by atoms with Crippen molar-refractivity contribution < 1.29 is 19.0 Å². The zero-order valence-electron chi connectivity index (χ0n) is 26.6. The summed E-state index contributed by atoms with van der Waals surface area (Å²) in [5.41, 5.74) is 4.88. The van der Waals surface area contributed by atoms with Crippen molar-refractivity contribution in [1.82, 2.24) is 0 Å². The van der Waals surface area contributed by atoms with Gasteiger partial charge in [-0.15, -0.1) is 0 Å². The first-order valence-corrected chi connectivity index (χ1v) is 16.8. The quantitative estimate of drug-likeness (QED) is 0.134. The van der Waals surface area contributed by atoms with E-state index in [-0.39, 0.29) is 23.6 Å². The molecule has 0 amide bonds. The molecule has 5 nitrogen and oxygen atoms in total. The zero-order chi connectivity index (χ0) is 30.1. The molecule has 3 unspecified atom stereocenters. The van der Waals surface area contributed by atoms with Crippen LogP contribution in [0.25, 0.3) is 11.1 Å². The van der Waals surface area contributed by atoms with Gasteiger partial charge in [0.15, 0.2) is 0 Å². The molecule has 0 saturated heterocycles. The Hall–Kier alpha value is -2.76. The molecule has 0 bridgehead atoms. The van der Waals surface area contributed by atoms with Crippen LogP contribution in [0.4, 0.5) is 0 Å². The Kier molecular flexibility index (Phi) is 11.3. The molecule has 0 radical (unpaired) electrons. The lowest BCUT2D eigenvalue weighted by Gasteiger charge is -2.48. The van der Waals surface area contributed by atoms with Crippen molar-refractivity contribution in [1.29, 1.82) is 0 Å². The third-order valence-corrected chi connectivity index (χ3v) is 10.2. The standard InChI is InChI=1S/C38H51NO4/c1-4-5-6-7-8-10-13-28-16-18-29(19-17-28)30-20-22-31(23-21-30)36-39-33(37(40)43-36)26-38(32-14-11-9-12-15-32)25-24-34(41-2)35(27-38)42-3/h16-23,26,32,34-35H,4-15,24-25,27H2,1-3H3/b33-26-. The van der Waals surface area contributed by atoms with Crippen LogP contribution in [-0.4, -0.2) is 38.3 Å². The predicted octanol–water partition coefficient (Wildman–Crippen LogP) is 9.22. The van der Waals surface area contributed by atoms with Gasteiger partial charge in [-0.1, -0.05) is 94.7 Å². The first-order chi connectivity index (χ1) is 21.0. The van der Waals surface area contributed by atoms with E-state index in [9.17, 15) is 4.79 Å². The number of benzene rings is 2. The lowest BCUT2D eigenvalue weighted by Crippen LogP contribution is -2.45. The highest BCUT2D eigenvalue weighted by Gasteiger charge is 2.46. The molecule has 1 aliphatic heterocycles. The molecular weight excluding hydrogens is 534 g/mol. The van der Waals surface area contributed by atoms with Crippen molar-refractivity contribution in [2.24, 2.45) is 16.3 Å². The van der Waals surface area contributed by atoms with E-state index in [2.05, 4.69) is 49.4 Å². The van der Waals surface area contributed by atoms with Crippen molar-refractivity contribution in [3.05, 3.63) is 71.4 Å². The summed E-state index contributed by atoms with van der Waals surface area (Å²) in [6, 6.07) is 17.1. The highest BCUT2D eigenvalue weighted by atomic mass is 16.6. The fourth-order valence-electron chi connectivity index (χ4n) is 7.59. The molecule has 2 aliphatic carbocycles. The van der Waals surface area contributed by atoms with Crippen LogP contribution in [0.1, 0.15) is 108 Å². The number of aryl methyl sites for hydroxylation is 1. The maximum Gasteiger partial charge on any atom is 0.363 e. The second kappa shape index (κ2) is 15.3. The van der Waals surface area contributed by atoms with Crippen LogP contribution in [0.2, 0.25) is 0 Å². The third kappa shape index (κ3) is 7.85. The minimum Gasteiger partial charge on any atom is -0.402 e. The van der Waals surface area contributed by atoms with E-state index in [0.29, 0.717) is 17.5 Å². The number of cyclic esters (lactones) is 1. The number of nitrogens with zero attached hydrogens (tertiary/aromatic N) is 1. The molecule has 2 fully saturated rings. The monoisotopic (exact) mass is 585 g/mol. The molecule has 0 spiro atoms. The number of hydrogen-bond donors (Lipinski definition) is 0. The topological polar surface area (TPSA) is 57.1 Å². The molecular formula is C38H51NO4. The number of esters is 1. The van der Waals surface area contributed by atoms with Gasteiger partial charge >= 0.3 is 5.97 Å². The van der Waals surface area contributed by atoms with Gasteiger partial charge in [0.05, 0.1) is 12.2 Å². The van der Waals surface area contributed by atoms with Crippen LogP contribution in [0.5, 0.6) is 0 Å². The molecule has 2 aromatic rings. The predicted molar refractivity (Wildman–Crippen MR) is 174 cm³/mol. The molecule has 0 aromatic heterocycles. The zero-order valence-corrected chi connectivity index (χ0v) is 26.6. The van der Waals surface area contributed by atoms with Crippen LogP contribution >= 0.6 is 0 Å². The molecule has 43 heavy (non-hydrogen) atoms. The minimum atomic E-state index is -0.349. The van der Waals surface area contributed by atoms with Crippen molar-refractivity contribution in [3.8, 4) is 11.1 Å². The first-order valence-electron chi connectivity index (χ1n) is 16.8. The molecule has 3 aliphatic rings. The number of hydrogen-bond acceptors (Lipinski definition) is 5. The van der Waals surface area contributed by atoms with Gasteiger partial charge in [-0.05, 0) is 91.2 Å². The SMILES string of the molecule is CCCCCCCCc1ccc(-c2ccc(C3=N/C(=C\C4(C5CCCCC5)CCC(OC)C(OC)C4)C(=O)O3)cc2)cc1. The summed E-state index contributed by atoms with van der Waals surface area (Å²) in [5.74, 6) is 0.565. The van der Waals surface area contributed by atoms with E-state index in [4.69, 9.17) is 19.2 Å². The Balaban J connectivity index is 1.28. The van der Waals surface area contributed by atoms with Crippen molar-refractivity contribution in [2.75, 3.05) is 14.2 Å². The molecule has 1 heterocycles. The summed E-state index contributed by atoms with van der Waals surface area (Å²) in [6.07, 6.45) is 20.2. The van der Waals surface area contributed by atoms with E-state index in [1.165, 1.54) is 81.8 Å². The molecule has 0 N–H and O–H groups in total. The van der Waals surface area contributed by atoms with Gasteiger partial charge in [0.2, 0.25) is 5.90 Å². The lowest BCUT2D eigenvalue weighted by molar-refractivity contribution is -0.130. The molecule has 232 valence electrons. The Labute approximate surface area is 259 Å². The Morgan fingerprint density at radius 1 is 0.814 bits per heavy atom. The van der Waals surface area contributed by atoms with Crippen LogP contribution in [0.15, 0.2) is 65.3 Å². The molecule has 2 aromatic carbocycles. The van der Waals surface area contributed by atoms with Crippen LogP contribution in [0.3, 0.4) is 0 Å². The summed E-state index contributed by atoms with van der Waals surface area (Å²) in [4.78, 5) is 17.9.